The highest BCUT2D eigenvalue weighted by Gasteiger charge is 2.22. The Morgan fingerprint density at radius 3 is 3.20 bits per heavy atom. The smallest absolute Gasteiger partial charge is 0.0561 e. The van der Waals surface area contributed by atoms with Gasteiger partial charge in [0.15, 0.2) is 4.90 Å². The summed E-state index contributed by atoms with van der Waals surface area (Å²) in [5.41, 5.74) is 3.85. The van der Waals surface area contributed by atoms with Crippen molar-refractivity contribution in [3.8, 4) is 0 Å². The van der Waals surface area contributed by atoms with Crippen molar-refractivity contribution < 1.29 is 0 Å². The molecule has 48 valence electrons. The van der Waals surface area contributed by atoms with Gasteiger partial charge in [-0.25, -0.2) is 0 Å². The topological polar surface area (TPSA) is 12.4 Å². The summed E-state index contributed by atoms with van der Waals surface area (Å²) in [7, 11) is 0. The number of hydrogen-bond donors (Lipinski definition) is 0. The molecule has 0 fully saturated rings. The molecular formula is C7H3BrNS+. The molecule has 1 aliphatic rings. The van der Waals surface area contributed by atoms with Crippen LogP contribution in [0, 0.1) is 0 Å². The lowest BCUT2D eigenvalue weighted by molar-refractivity contribution is 1.39. The third kappa shape index (κ3) is 0.870. The van der Waals surface area contributed by atoms with Crippen LogP contribution in [0.4, 0.5) is 5.69 Å². The Balaban J connectivity index is 2.67. The van der Waals surface area contributed by atoms with Crippen molar-refractivity contribution in [3.63, 3.8) is 0 Å². The van der Waals surface area contributed by atoms with Gasteiger partial charge < -0.3 is 0 Å². The molecule has 0 amide bonds. The summed E-state index contributed by atoms with van der Waals surface area (Å²) >= 11 is 4.94. The Morgan fingerprint density at radius 2 is 2.40 bits per heavy atom. The van der Waals surface area contributed by atoms with Crippen LogP contribution in [-0.2, 0) is 0 Å². The number of nitrogens with zero attached hydrogens (tertiary/aromatic N) is 1. The predicted molar refractivity (Wildman–Crippen MR) is 47.1 cm³/mol. The number of hydrogen-bond acceptors (Lipinski definition) is 2. The highest BCUT2D eigenvalue weighted by molar-refractivity contribution is 9.10. The minimum atomic E-state index is 1.01. The summed E-state index contributed by atoms with van der Waals surface area (Å²) < 4.78 is 1.04. The number of aliphatic imine (C=N–C) groups is 1. The summed E-state index contributed by atoms with van der Waals surface area (Å²) in [6.45, 7) is 0. The molecule has 0 aliphatic carbocycles. The molecule has 0 N–H and O–H groups in total. The number of para-hydroxylation sites is 1. The molecule has 2 rings (SSSR count). The largest absolute Gasteiger partial charge is 0.272 e. The lowest BCUT2D eigenvalue weighted by Crippen LogP contribution is -1.67. The van der Waals surface area contributed by atoms with Crippen molar-refractivity contribution >= 4 is 38.9 Å². The fourth-order valence-corrected chi connectivity index (χ4v) is 2.02. The fraction of sp³-hybridized carbons (Fsp3) is 0. The second-order valence-electron chi connectivity index (χ2n) is 1.89. The van der Waals surface area contributed by atoms with Gasteiger partial charge in [-0.3, -0.25) is 0 Å². The van der Waals surface area contributed by atoms with E-state index >= 15 is 0 Å². The predicted octanol–water partition coefficient (Wildman–Crippen LogP) is 3.09. The maximum absolute atomic E-state index is 4.06. The van der Waals surface area contributed by atoms with Gasteiger partial charge in [-0.15, -0.1) is 0 Å². The molecule has 0 atom stereocenters. The van der Waals surface area contributed by atoms with Gasteiger partial charge in [0.2, 0.25) is 5.69 Å². The van der Waals surface area contributed by atoms with Crippen LogP contribution < -0.4 is 0 Å². The number of fused-ring (bicyclic) bond motifs is 1. The molecule has 0 bridgehead atoms. The molecule has 1 aromatic carbocycles. The third-order valence-corrected chi connectivity index (χ3v) is 2.63. The van der Waals surface area contributed by atoms with Crippen LogP contribution in [0.15, 0.2) is 32.6 Å². The number of halogens is 1. The van der Waals surface area contributed by atoms with E-state index < -0.39 is 0 Å². The van der Waals surface area contributed by atoms with E-state index in [0.717, 1.165) is 10.2 Å². The maximum Gasteiger partial charge on any atom is 0.272 e. The minimum absolute atomic E-state index is 1.01. The van der Waals surface area contributed by atoms with E-state index in [-0.39, 0.29) is 0 Å². The van der Waals surface area contributed by atoms with E-state index in [1.807, 2.05) is 18.2 Å². The van der Waals surface area contributed by atoms with Gasteiger partial charge in [0.05, 0.1) is 0 Å². The van der Waals surface area contributed by atoms with Gasteiger partial charge in [-0.1, -0.05) is 6.07 Å². The fourth-order valence-electron chi connectivity index (χ4n) is 0.804. The van der Waals surface area contributed by atoms with Crippen LogP contribution in [0.3, 0.4) is 0 Å². The summed E-state index contributed by atoms with van der Waals surface area (Å²) in [5.74, 6) is 0. The van der Waals surface area contributed by atoms with E-state index in [9.17, 15) is 0 Å². The van der Waals surface area contributed by atoms with Crippen molar-refractivity contribution in [2.24, 2.45) is 4.99 Å². The number of benzene rings is 1. The first-order valence-corrected chi connectivity index (χ1v) is 4.40. The first kappa shape index (κ1) is 6.35. The van der Waals surface area contributed by atoms with Crippen molar-refractivity contribution in [2.45, 2.75) is 4.90 Å². The Bertz CT molecular complexity index is 296. The van der Waals surface area contributed by atoms with E-state index in [4.69, 9.17) is 0 Å². The van der Waals surface area contributed by atoms with Crippen LogP contribution in [0.5, 0.6) is 0 Å². The zero-order valence-corrected chi connectivity index (χ0v) is 7.37. The average Bonchev–Trinajstić information content (AvgIpc) is 2.36. The molecule has 1 nitrogen and oxygen atoms in total. The monoisotopic (exact) mass is 212 g/mol. The molecule has 0 saturated heterocycles. The third-order valence-electron chi connectivity index (χ3n) is 1.26. The van der Waals surface area contributed by atoms with Crippen molar-refractivity contribution in [1.82, 2.24) is 0 Å². The summed E-state index contributed by atoms with van der Waals surface area (Å²) in [6.07, 6.45) is 0. The van der Waals surface area contributed by atoms with E-state index in [1.54, 1.807) is 0 Å². The molecule has 0 unspecified atom stereocenters. The quantitative estimate of drug-likeness (QED) is 0.603. The molecule has 3 heteroatoms. The van der Waals surface area contributed by atoms with E-state index in [0.29, 0.717) is 0 Å². The molecule has 0 aromatic heterocycles. The maximum atomic E-state index is 4.06. The number of thioether (sulfide) groups is 1. The summed E-state index contributed by atoms with van der Waals surface area (Å²) in [4.78, 5) is 5.24. The van der Waals surface area contributed by atoms with E-state index in [2.05, 4.69) is 26.5 Å². The molecule has 10 heavy (non-hydrogen) atoms. The van der Waals surface area contributed by atoms with Crippen molar-refractivity contribution in [3.05, 3.63) is 22.7 Å². The molecule has 0 saturated carbocycles. The lowest BCUT2D eigenvalue weighted by atomic mass is 10.3. The Kier molecular flexibility index (Phi) is 1.49. The van der Waals surface area contributed by atoms with Crippen molar-refractivity contribution in [2.75, 3.05) is 0 Å². The van der Waals surface area contributed by atoms with Crippen LogP contribution in [-0.4, -0.2) is 5.55 Å². The summed E-state index contributed by atoms with van der Waals surface area (Å²) in [5, 5.41) is 0. The van der Waals surface area contributed by atoms with Crippen LogP contribution in [0.25, 0.3) is 0 Å². The Morgan fingerprint density at radius 1 is 1.50 bits per heavy atom. The molecular weight excluding hydrogens is 210 g/mol. The Labute approximate surface area is 71.7 Å². The standard InChI is InChI=1S/C7H3BrNS/c8-5-2-1-3-6-7(5)9-4-10-6/h1-3H/q+1. The van der Waals surface area contributed by atoms with Gasteiger partial charge in [0.25, 0.3) is 5.55 Å². The van der Waals surface area contributed by atoms with Gasteiger partial charge in [0.1, 0.15) is 16.2 Å². The normalized spacial score (nSPS) is 12.9. The zero-order valence-electron chi connectivity index (χ0n) is 4.97. The van der Waals surface area contributed by atoms with Crippen LogP contribution >= 0.6 is 27.7 Å². The minimum Gasteiger partial charge on any atom is -0.0561 e. The average molecular weight is 213 g/mol. The highest BCUT2D eigenvalue weighted by Crippen LogP contribution is 2.39. The van der Waals surface area contributed by atoms with Gasteiger partial charge >= 0.3 is 0 Å². The van der Waals surface area contributed by atoms with Gasteiger partial charge in [-0.05, 0) is 28.1 Å². The van der Waals surface area contributed by atoms with E-state index in [1.165, 1.54) is 16.7 Å². The second-order valence-corrected chi connectivity index (χ2v) is 3.57. The lowest BCUT2D eigenvalue weighted by Gasteiger charge is -1.85. The van der Waals surface area contributed by atoms with Crippen molar-refractivity contribution in [1.29, 1.82) is 0 Å². The molecule has 0 radical (unpaired) electrons. The first-order chi connectivity index (χ1) is 4.88. The molecule has 0 spiro atoms. The summed E-state index contributed by atoms with van der Waals surface area (Å²) in [6, 6.07) is 6.02. The SMILES string of the molecule is Brc1cccc2c1N=[C+]S2. The van der Waals surface area contributed by atoms with Crippen LogP contribution in [0.1, 0.15) is 0 Å². The first-order valence-electron chi connectivity index (χ1n) is 2.79. The van der Waals surface area contributed by atoms with Gasteiger partial charge in [-0.2, -0.15) is 0 Å². The second kappa shape index (κ2) is 2.35. The number of rotatable bonds is 0. The molecule has 1 heterocycles. The Hall–Kier alpha value is -0.370. The van der Waals surface area contributed by atoms with Gasteiger partial charge in [0, 0.05) is 4.99 Å². The molecule has 1 aliphatic heterocycles. The molecule has 1 aromatic rings. The zero-order chi connectivity index (χ0) is 6.97. The highest BCUT2D eigenvalue weighted by atomic mass is 79.9. The van der Waals surface area contributed by atoms with Crippen LogP contribution in [0.2, 0.25) is 0 Å².